The van der Waals surface area contributed by atoms with Crippen molar-refractivity contribution in [1.82, 2.24) is 14.4 Å². The molecule has 2 aromatic carbocycles. The number of anilines is 1. The molecular weight excluding hydrogens is 504 g/mol. The van der Waals surface area contributed by atoms with Crippen LogP contribution in [0.5, 0.6) is 5.75 Å². The summed E-state index contributed by atoms with van der Waals surface area (Å²) in [6, 6.07) is 13.4. The molecule has 2 N–H and O–H groups in total. The number of hydrogen-bond donors (Lipinski definition) is 2. The highest BCUT2D eigenvalue weighted by atomic mass is 16.5. The Morgan fingerprint density at radius 2 is 1.98 bits per heavy atom. The van der Waals surface area contributed by atoms with Gasteiger partial charge in [0.15, 0.2) is 0 Å². The van der Waals surface area contributed by atoms with E-state index in [2.05, 4.69) is 24.2 Å². The number of hydrogen-bond acceptors (Lipinski definition) is 5. The standard InChI is InChI=1S/C32H42N4O4/c1-21-16-36(22(2)20-37)32(39)15-24-13-26(11-12-29(24)40-30(21)19-34(3)17-23-9-10-23)33-31(38)14-25-18-35(4)28-8-6-5-7-27(25)28/h5-8,11-13,18,21-23,30,37H,9-10,14-17,19-20H2,1-4H3,(H,33,38)/t21-,22-,30-/m1/s1. The third-order valence-corrected chi connectivity index (χ3v) is 8.29. The van der Waals surface area contributed by atoms with Crippen LogP contribution in [0.15, 0.2) is 48.7 Å². The van der Waals surface area contributed by atoms with Crippen molar-refractivity contribution in [2.24, 2.45) is 18.9 Å². The number of benzene rings is 2. The van der Waals surface area contributed by atoms with Gasteiger partial charge in [-0.2, -0.15) is 0 Å². The molecule has 1 fully saturated rings. The Bertz CT molecular complexity index is 1360. The molecule has 40 heavy (non-hydrogen) atoms. The number of nitrogens with one attached hydrogen (secondary N) is 1. The molecule has 8 nitrogen and oxygen atoms in total. The van der Waals surface area contributed by atoms with E-state index in [1.165, 1.54) is 12.8 Å². The number of aryl methyl sites for hydroxylation is 1. The summed E-state index contributed by atoms with van der Waals surface area (Å²) in [4.78, 5) is 30.7. The number of para-hydroxylation sites is 1. The molecule has 1 aromatic heterocycles. The number of carbonyl (C=O) groups is 2. The van der Waals surface area contributed by atoms with Crippen molar-refractivity contribution in [3.05, 3.63) is 59.8 Å². The number of nitrogens with zero attached hydrogens (tertiary/aromatic N) is 3. The van der Waals surface area contributed by atoms with Crippen molar-refractivity contribution in [2.75, 3.05) is 38.6 Å². The first-order chi connectivity index (χ1) is 19.2. The summed E-state index contributed by atoms with van der Waals surface area (Å²) in [5.74, 6) is 1.36. The van der Waals surface area contributed by atoms with Gasteiger partial charge in [-0.3, -0.25) is 9.59 Å². The zero-order valence-electron chi connectivity index (χ0n) is 24.1. The Labute approximate surface area is 236 Å². The van der Waals surface area contributed by atoms with E-state index in [9.17, 15) is 14.7 Å². The van der Waals surface area contributed by atoms with E-state index in [1.54, 1.807) is 4.90 Å². The number of likely N-dealkylation sites (N-methyl/N-ethyl adjacent to an activating group) is 1. The number of aromatic nitrogens is 1. The lowest BCUT2D eigenvalue weighted by Crippen LogP contribution is -2.47. The minimum Gasteiger partial charge on any atom is -0.488 e. The third kappa shape index (κ3) is 6.50. The Balaban J connectivity index is 1.37. The van der Waals surface area contributed by atoms with Gasteiger partial charge >= 0.3 is 0 Å². The molecule has 5 rings (SSSR count). The van der Waals surface area contributed by atoms with Crippen LogP contribution in [0, 0.1) is 11.8 Å². The van der Waals surface area contributed by atoms with Gasteiger partial charge in [0, 0.05) is 61.0 Å². The Morgan fingerprint density at radius 3 is 2.73 bits per heavy atom. The molecule has 0 radical (unpaired) electrons. The van der Waals surface area contributed by atoms with E-state index in [0.29, 0.717) is 18.0 Å². The van der Waals surface area contributed by atoms with Crippen LogP contribution in [0.1, 0.15) is 37.8 Å². The number of aliphatic hydroxyl groups excluding tert-OH is 1. The summed E-state index contributed by atoms with van der Waals surface area (Å²) in [5, 5.41) is 14.0. The first kappa shape index (κ1) is 28.2. The molecule has 0 unspecified atom stereocenters. The van der Waals surface area contributed by atoms with Crippen molar-refractivity contribution in [3.8, 4) is 5.75 Å². The minimum atomic E-state index is -0.287. The second-order valence-electron chi connectivity index (χ2n) is 11.9. The highest BCUT2D eigenvalue weighted by molar-refractivity contribution is 5.96. The zero-order valence-corrected chi connectivity index (χ0v) is 24.1. The number of rotatable bonds is 9. The largest absolute Gasteiger partial charge is 0.488 e. The van der Waals surface area contributed by atoms with Gasteiger partial charge in [-0.25, -0.2) is 0 Å². The van der Waals surface area contributed by atoms with Crippen LogP contribution >= 0.6 is 0 Å². The smallest absolute Gasteiger partial charge is 0.228 e. The maximum absolute atomic E-state index is 13.5. The quantitative estimate of drug-likeness (QED) is 0.426. The fourth-order valence-corrected chi connectivity index (χ4v) is 5.79. The fraction of sp³-hybridized carbons (Fsp3) is 0.500. The Morgan fingerprint density at radius 1 is 1.20 bits per heavy atom. The van der Waals surface area contributed by atoms with E-state index >= 15 is 0 Å². The van der Waals surface area contributed by atoms with Gasteiger partial charge in [0.05, 0.1) is 25.5 Å². The maximum Gasteiger partial charge on any atom is 0.228 e. The minimum absolute atomic E-state index is 0.0514. The monoisotopic (exact) mass is 546 g/mol. The molecule has 3 aromatic rings. The van der Waals surface area contributed by atoms with Crippen LogP contribution in [0.3, 0.4) is 0 Å². The van der Waals surface area contributed by atoms with Gasteiger partial charge in [0.1, 0.15) is 11.9 Å². The topological polar surface area (TPSA) is 87.0 Å². The highest BCUT2D eigenvalue weighted by Gasteiger charge is 2.32. The van der Waals surface area contributed by atoms with Crippen LogP contribution < -0.4 is 10.1 Å². The van der Waals surface area contributed by atoms with E-state index in [-0.39, 0.29) is 49.3 Å². The number of carbonyl (C=O) groups excluding carboxylic acids is 2. The first-order valence-corrected chi connectivity index (χ1v) is 14.4. The number of fused-ring (bicyclic) bond motifs is 2. The Hall–Kier alpha value is -3.36. The maximum atomic E-state index is 13.5. The van der Waals surface area contributed by atoms with E-state index < -0.39 is 0 Å². The Kier molecular flexibility index (Phi) is 8.47. The van der Waals surface area contributed by atoms with Gasteiger partial charge in [-0.05, 0) is 62.6 Å². The summed E-state index contributed by atoms with van der Waals surface area (Å²) < 4.78 is 8.66. The summed E-state index contributed by atoms with van der Waals surface area (Å²) in [6.07, 6.45) is 4.86. The molecule has 0 bridgehead atoms. The molecule has 3 atom stereocenters. The lowest BCUT2D eigenvalue weighted by molar-refractivity contribution is -0.134. The molecule has 214 valence electrons. The summed E-state index contributed by atoms with van der Waals surface area (Å²) in [7, 11) is 4.12. The van der Waals surface area contributed by atoms with Gasteiger partial charge in [0.25, 0.3) is 0 Å². The van der Waals surface area contributed by atoms with Gasteiger partial charge in [-0.15, -0.1) is 0 Å². The molecule has 2 aliphatic rings. The molecule has 1 aliphatic carbocycles. The third-order valence-electron chi connectivity index (χ3n) is 8.29. The predicted octanol–water partition coefficient (Wildman–Crippen LogP) is 3.85. The van der Waals surface area contributed by atoms with Gasteiger partial charge in [-0.1, -0.05) is 25.1 Å². The normalized spacial score (nSPS) is 20.4. The van der Waals surface area contributed by atoms with E-state index in [0.717, 1.165) is 41.0 Å². The zero-order chi connectivity index (χ0) is 28.4. The average molecular weight is 547 g/mol. The second kappa shape index (κ2) is 12.0. The van der Waals surface area contributed by atoms with Gasteiger partial charge < -0.3 is 29.5 Å². The SMILES string of the molecule is C[C@@H]1CN([C@H](C)CO)C(=O)Cc2cc(NC(=O)Cc3cn(C)c4ccccc34)ccc2O[C@@H]1CN(C)CC1CC1. The first-order valence-electron chi connectivity index (χ1n) is 14.4. The van der Waals surface area contributed by atoms with Gasteiger partial charge in [0.2, 0.25) is 11.8 Å². The lowest BCUT2D eigenvalue weighted by Gasteiger charge is -2.34. The fourth-order valence-electron chi connectivity index (χ4n) is 5.79. The van der Waals surface area contributed by atoms with E-state index in [1.807, 2.05) is 67.2 Å². The molecule has 2 heterocycles. The van der Waals surface area contributed by atoms with Crippen LogP contribution in [0.25, 0.3) is 10.9 Å². The van der Waals surface area contributed by atoms with Crippen LogP contribution in [-0.2, 0) is 29.5 Å². The molecule has 2 amide bonds. The number of amides is 2. The molecule has 1 aliphatic heterocycles. The molecule has 1 saturated carbocycles. The lowest BCUT2D eigenvalue weighted by atomic mass is 10.0. The van der Waals surface area contributed by atoms with Crippen LogP contribution in [-0.4, -0.2) is 76.7 Å². The molecular formula is C32H42N4O4. The van der Waals surface area contributed by atoms with Crippen LogP contribution in [0.4, 0.5) is 5.69 Å². The van der Waals surface area contributed by atoms with Crippen molar-refractivity contribution >= 4 is 28.4 Å². The summed E-state index contributed by atoms with van der Waals surface area (Å²) in [6.45, 7) is 6.23. The molecule has 8 heteroatoms. The van der Waals surface area contributed by atoms with Crippen molar-refractivity contribution in [2.45, 2.75) is 51.7 Å². The van der Waals surface area contributed by atoms with E-state index in [4.69, 9.17) is 4.74 Å². The molecule has 0 spiro atoms. The van der Waals surface area contributed by atoms with Crippen molar-refractivity contribution in [3.63, 3.8) is 0 Å². The average Bonchev–Trinajstić information content (AvgIpc) is 3.68. The predicted molar refractivity (Wildman–Crippen MR) is 157 cm³/mol. The van der Waals surface area contributed by atoms with Crippen molar-refractivity contribution < 1.29 is 19.4 Å². The van der Waals surface area contributed by atoms with Crippen LogP contribution in [0.2, 0.25) is 0 Å². The summed E-state index contributed by atoms with van der Waals surface area (Å²) >= 11 is 0. The summed E-state index contributed by atoms with van der Waals surface area (Å²) in [5.41, 5.74) is 3.44. The number of ether oxygens (including phenoxy) is 1. The highest BCUT2D eigenvalue weighted by Crippen LogP contribution is 2.32. The molecule has 0 saturated heterocycles. The second-order valence-corrected chi connectivity index (χ2v) is 11.9. The number of aliphatic hydroxyl groups is 1. The van der Waals surface area contributed by atoms with Crippen molar-refractivity contribution in [1.29, 1.82) is 0 Å².